The number of hydrogen-bond donors (Lipinski definition) is 0. The molecule has 8 aromatic carbocycles. The Kier molecular flexibility index (Phi) is 8.42. The molecular weight excluding hydrogens is 757 g/mol. The first-order chi connectivity index (χ1) is 30.7. The van der Waals surface area contributed by atoms with Gasteiger partial charge in [0.25, 0.3) is 0 Å². The Hall–Kier alpha value is -8.41. The highest BCUT2D eigenvalue weighted by Gasteiger charge is 2.22. The van der Waals surface area contributed by atoms with Crippen molar-refractivity contribution in [3.8, 4) is 78.7 Å². The second kappa shape index (κ2) is 14.7. The molecule has 0 aliphatic rings. The second-order valence-electron chi connectivity index (χ2n) is 15.6. The Bertz CT molecular complexity index is 3590. The van der Waals surface area contributed by atoms with E-state index < -0.39 is 0 Å². The van der Waals surface area contributed by atoms with Crippen molar-refractivity contribution in [2.75, 3.05) is 0 Å². The number of rotatable bonds is 7. The largest absolute Gasteiger partial charge is 0.455 e. The maximum atomic E-state index is 6.38. The predicted octanol–water partition coefficient (Wildman–Crippen LogP) is 14.8. The van der Waals surface area contributed by atoms with Gasteiger partial charge in [0.15, 0.2) is 5.82 Å². The van der Waals surface area contributed by atoms with Crippen LogP contribution in [0.1, 0.15) is 0 Å². The standard InChI is InChI=1S/C57H36N4O/c1-4-15-38(16-5-1)49-36-50(39-29-27-37(28-30-39)46-24-14-25-48-47-23-12-13-26-52(47)62-56(46)48)59-57(58-49)43-33-31-41(32-34-43)53-54(42-19-8-3-9-20-42)60-61-51(40-17-6-2-7-18-40)35-44-21-10-11-22-45(44)55(53)61/h1-36H. The summed E-state index contributed by atoms with van der Waals surface area (Å²) in [7, 11) is 0. The fraction of sp³-hybridized carbons (Fsp3) is 0. The fourth-order valence-corrected chi connectivity index (χ4v) is 8.84. The summed E-state index contributed by atoms with van der Waals surface area (Å²) in [5.41, 5.74) is 15.9. The molecule has 0 aliphatic carbocycles. The minimum atomic E-state index is 0.656. The van der Waals surface area contributed by atoms with Crippen LogP contribution in [0.25, 0.3) is 117 Å². The summed E-state index contributed by atoms with van der Waals surface area (Å²) in [6, 6.07) is 76.1. The van der Waals surface area contributed by atoms with E-state index in [1.165, 1.54) is 0 Å². The van der Waals surface area contributed by atoms with Crippen molar-refractivity contribution in [3.05, 3.63) is 218 Å². The molecule has 12 aromatic rings. The first-order valence-corrected chi connectivity index (χ1v) is 20.9. The summed E-state index contributed by atoms with van der Waals surface area (Å²) in [6.45, 7) is 0. The quantitative estimate of drug-likeness (QED) is 0.161. The van der Waals surface area contributed by atoms with Crippen molar-refractivity contribution in [1.82, 2.24) is 19.6 Å². The first kappa shape index (κ1) is 35.5. The van der Waals surface area contributed by atoms with E-state index in [2.05, 4.69) is 187 Å². The Morgan fingerprint density at radius 1 is 0.387 bits per heavy atom. The van der Waals surface area contributed by atoms with E-state index >= 15 is 0 Å². The smallest absolute Gasteiger partial charge is 0.160 e. The van der Waals surface area contributed by atoms with Gasteiger partial charge in [-0.3, -0.25) is 0 Å². The Morgan fingerprint density at radius 2 is 0.935 bits per heavy atom. The van der Waals surface area contributed by atoms with Gasteiger partial charge in [0, 0.05) is 55.1 Å². The van der Waals surface area contributed by atoms with Crippen LogP contribution in [0, 0.1) is 0 Å². The van der Waals surface area contributed by atoms with E-state index in [9.17, 15) is 0 Å². The van der Waals surface area contributed by atoms with Crippen molar-refractivity contribution in [1.29, 1.82) is 0 Å². The van der Waals surface area contributed by atoms with Crippen molar-refractivity contribution in [2.45, 2.75) is 0 Å². The molecule has 0 N–H and O–H groups in total. The zero-order valence-corrected chi connectivity index (χ0v) is 33.5. The average molecular weight is 793 g/mol. The molecule has 12 rings (SSSR count). The molecule has 5 heteroatoms. The summed E-state index contributed by atoms with van der Waals surface area (Å²) in [5, 5.41) is 9.94. The van der Waals surface area contributed by atoms with Crippen molar-refractivity contribution < 1.29 is 4.42 Å². The third-order valence-corrected chi connectivity index (χ3v) is 11.9. The van der Waals surface area contributed by atoms with Gasteiger partial charge >= 0.3 is 0 Å². The van der Waals surface area contributed by atoms with Crippen LogP contribution >= 0.6 is 0 Å². The Balaban J connectivity index is 0.983. The third kappa shape index (κ3) is 6.06. The van der Waals surface area contributed by atoms with E-state index in [4.69, 9.17) is 19.5 Å². The van der Waals surface area contributed by atoms with Gasteiger partial charge in [0.1, 0.15) is 16.9 Å². The number of fused-ring (bicyclic) bond motifs is 6. The second-order valence-corrected chi connectivity index (χ2v) is 15.6. The van der Waals surface area contributed by atoms with Crippen LogP contribution < -0.4 is 0 Å². The summed E-state index contributed by atoms with van der Waals surface area (Å²) in [6.07, 6.45) is 0. The Morgan fingerprint density at radius 3 is 1.66 bits per heavy atom. The minimum Gasteiger partial charge on any atom is -0.455 e. The molecule has 5 nitrogen and oxygen atoms in total. The molecule has 62 heavy (non-hydrogen) atoms. The minimum absolute atomic E-state index is 0.656. The van der Waals surface area contributed by atoms with Crippen LogP contribution in [0.2, 0.25) is 0 Å². The monoisotopic (exact) mass is 792 g/mol. The maximum absolute atomic E-state index is 6.38. The van der Waals surface area contributed by atoms with E-state index in [0.29, 0.717) is 5.82 Å². The number of aromatic nitrogens is 4. The maximum Gasteiger partial charge on any atom is 0.160 e. The van der Waals surface area contributed by atoms with E-state index in [1.807, 2.05) is 36.4 Å². The number of nitrogens with zero attached hydrogens (tertiary/aromatic N) is 4. The Labute approximate surface area is 357 Å². The lowest BCUT2D eigenvalue weighted by atomic mass is 9.96. The summed E-state index contributed by atoms with van der Waals surface area (Å²) in [5.74, 6) is 0.656. The molecule has 290 valence electrons. The van der Waals surface area contributed by atoms with E-state index in [1.54, 1.807) is 0 Å². The van der Waals surface area contributed by atoms with Crippen LogP contribution in [-0.2, 0) is 0 Å². The molecule has 4 heterocycles. The van der Waals surface area contributed by atoms with Gasteiger partial charge in [-0.05, 0) is 34.7 Å². The van der Waals surface area contributed by atoms with Gasteiger partial charge < -0.3 is 4.42 Å². The van der Waals surface area contributed by atoms with Crippen LogP contribution in [-0.4, -0.2) is 19.6 Å². The van der Waals surface area contributed by atoms with Crippen molar-refractivity contribution in [3.63, 3.8) is 0 Å². The zero-order valence-electron chi connectivity index (χ0n) is 33.5. The van der Waals surface area contributed by atoms with Gasteiger partial charge in [0.05, 0.1) is 22.6 Å². The van der Waals surface area contributed by atoms with Gasteiger partial charge in [-0.1, -0.05) is 200 Å². The number of para-hydroxylation sites is 2. The molecule has 0 unspecified atom stereocenters. The molecule has 0 radical (unpaired) electrons. The molecular formula is C57H36N4O. The van der Waals surface area contributed by atoms with E-state index in [-0.39, 0.29) is 0 Å². The molecule has 0 fully saturated rings. The predicted molar refractivity (Wildman–Crippen MR) is 254 cm³/mol. The molecule has 0 amide bonds. The number of pyridine rings is 1. The molecule has 0 bridgehead atoms. The highest BCUT2D eigenvalue weighted by Crippen LogP contribution is 2.42. The van der Waals surface area contributed by atoms with Gasteiger partial charge in [-0.2, -0.15) is 5.10 Å². The molecule has 0 saturated carbocycles. The van der Waals surface area contributed by atoms with Gasteiger partial charge in [0.2, 0.25) is 0 Å². The normalized spacial score (nSPS) is 11.5. The van der Waals surface area contributed by atoms with Gasteiger partial charge in [-0.15, -0.1) is 0 Å². The van der Waals surface area contributed by atoms with Crippen molar-refractivity contribution >= 4 is 38.2 Å². The summed E-state index contributed by atoms with van der Waals surface area (Å²) >= 11 is 0. The van der Waals surface area contributed by atoms with Gasteiger partial charge in [-0.25, -0.2) is 14.5 Å². The fourth-order valence-electron chi connectivity index (χ4n) is 8.84. The summed E-state index contributed by atoms with van der Waals surface area (Å²) < 4.78 is 8.51. The number of hydrogen-bond acceptors (Lipinski definition) is 4. The topological polar surface area (TPSA) is 56.2 Å². The lowest BCUT2D eigenvalue weighted by molar-refractivity contribution is 0.670. The summed E-state index contributed by atoms with van der Waals surface area (Å²) in [4.78, 5) is 10.4. The van der Waals surface area contributed by atoms with Crippen LogP contribution in [0.3, 0.4) is 0 Å². The third-order valence-electron chi connectivity index (χ3n) is 11.9. The SMILES string of the molecule is c1ccc(-c2cc(-c3ccc(-c4cccc5c4oc4ccccc45)cc3)nc(-c3ccc(-c4c(-c5ccccc5)nn5c(-c6ccccc6)cc6ccccc6c45)cc3)n2)cc1. The molecule has 0 spiro atoms. The highest BCUT2D eigenvalue weighted by molar-refractivity contribution is 6.10. The van der Waals surface area contributed by atoms with E-state index in [0.717, 1.165) is 111 Å². The average Bonchev–Trinajstić information content (AvgIpc) is 3.95. The van der Waals surface area contributed by atoms with Crippen molar-refractivity contribution in [2.24, 2.45) is 0 Å². The molecule has 0 saturated heterocycles. The highest BCUT2D eigenvalue weighted by atomic mass is 16.3. The zero-order chi connectivity index (χ0) is 41.0. The lowest BCUT2D eigenvalue weighted by Gasteiger charge is -2.12. The molecule has 0 atom stereocenters. The van der Waals surface area contributed by atoms with Crippen LogP contribution in [0.4, 0.5) is 0 Å². The molecule has 4 aromatic heterocycles. The number of furan rings is 1. The van der Waals surface area contributed by atoms with Crippen LogP contribution in [0.5, 0.6) is 0 Å². The molecule has 0 aliphatic heterocycles. The van der Waals surface area contributed by atoms with Crippen LogP contribution in [0.15, 0.2) is 223 Å². The lowest BCUT2D eigenvalue weighted by Crippen LogP contribution is -1.96. The first-order valence-electron chi connectivity index (χ1n) is 20.9. The number of benzene rings is 8.